The Labute approximate surface area is 111 Å². The van der Waals surface area contributed by atoms with Gasteiger partial charge in [-0.3, -0.25) is 0 Å². The topological polar surface area (TPSA) is 18.5 Å². The monoisotopic (exact) mass is 295 g/mol. The molecule has 4 heteroatoms. The van der Waals surface area contributed by atoms with Crippen molar-refractivity contribution in [2.24, 2.45) is 0 Å². The molecule has 0 radical (unpaired) electrons. The van der Waals surface area contributed by atoms with E-state index in [2.05, 4.69) is 57.2 Å². The van der Waals surface area contributed by atoms with Crippen molar-refractivity contribution in [3.05, 3.63) is 22.2 Å². The average Bonchev–Trinajstić information content (AvgIpc) is 2.28. The first-order valence-corrected chi connectivity index (χ1v) is 6.95. The van der Waals surface area contributed by atoms with Gasteiger partial charge in [-0.15, -0.1) is 0 Å². The van der Waals surface area contributed by atoms with Crippen molar-refractivity contribution in [3.8, 4) is 0 Å². The van der Waals surface area contributed by atoms with Gasteiger partial charge in [-0.05, 0) is 24.6 Å². The van der Waals surface area contributed by atoms with E-state index in [1.54, 1.807) is 0 Å². The van der Waals surface area contributed by atoms with Gasteiger partial charge < -0.3 is 15.1 Å². The van der Waals surface area contributed by atoms with Gasteiger partial charge >= 0.3 is 0 Å². The first-order valence-electron chi connectivity index (χ1n) is 6.15. The molecule has 2 heterocycles. The van der Waals surface area contributed by atoms with Crippen LogP contribution in [0, 0.1) is 6.92 Å². The van der Waals surface area contributed by atoms with Gasteiger partial charge in [0, 0.05) is 37.7 Å². The van der Waals surface area contributed by atoms with Crippen LogP contribution < -0.4 is 15.1 Å². The van der Waals surface area contributed by atoms with Gasteiger partial charge in [0.05, 0.1) is 17.4 Å². The Hall–Kier alpha value is -0.740. The lowest BCUT2D eigenvalue weighted by Gasteiger charge is -2.46. The zero-order chi connectivity index (χ0) is 12.0. The molecule has 1 saturated heterocycles. The second-order valence-electron chi connectivity index (χ2n) is 5.02. The largest absolute Gasteiger partial charge is 0.371 e. The fourth-order valence-electron chi connectivity index (χ4n) is 3.08. The molecule has 1 aromatic carbocycles. The lowest BCUT2D eigenvalue weighted by molar-refractivity contribution is 0.465. The van der Waals surface area contributed by atoms with Crippen LogP contribution in [-0.4, -0.2) is 39.3 Å². The SMILES string of the molecule is Cc1cc(Br)cc2c1N(C)CC1CNCCN21. The van der Waals surface area contributed by atoms with Crippen molar-refractivity contribution in [2.45, 2.75) is 13.0 Å². The Bertz CT molecular complexity index is 447. The van der Waals surface area contributed by atoms with Crippen LogP contribution in [0.25, 0.3) is 0 Å². The molecule has 1 aromatic rings. The number of aryl methyl sites for hydroxylation is 1. The molecule has 0 saturated carbocycles. The molecule has 17 heavy (non-hydrogen) atoms. The summed E-state index contributed by atoms with van der Waals surface area (Å²) in [5, 5.41) is 3.48. The van der Waals surface area contributed by atoms with E-state index in [-0.39, 0.29) is 0 Å². The second kappa shape index (κ2) is 4.18. The predicted molar refractivity (Wildman–Crippen MR) is 76.2 cm³/mol. The number of fused-ring (bicyclic) bond motifs is 3. The third-order valence-corrected chi connectivity index (χ3v) is 4.23. The molecule has 0 aromatic heterocycles. The molecule has 1 fully saturated rings. The summed E-state index contributed by atoms with van der Waals surface area (Å²) in [6, 6.07) is 5.07. The molecule has 0 bridgehead atoms. The van der Waals surface area contributed by atoms with Crippen LogP contribution in [0.3, 0.4) is 0 Å². The van der Waals surface area contributed by atoms with Crippen molar-refractivity contribution < 1.29 is 0 Å². The Morgan fingerprint density at radius 2 is 2.24 bits per heavy atom. The number of halogens is 1. The van der Waals surface area contributed by atoms with Gasteiger partial charge in [0.15, 0.2) is 0 Å². The normalized spacial score (nSPS) is 23.4. The Kier molecular flexibility index (Phi) is 2.79. The Morgan fingerprint density at radius 1 is 1.41 bits per heavy atom. The molecule has 1 atom stereocenters. The Balaban J connectivity index is 2.11. The first kappa shape index (κ1) is 11.4. The number of rotatable bonds is 0. The standard InChI is InChI=1S/C13H18BrN3/c1-9-5-10(14)6-12-13(9)16(2)8-11-7-15-3-4-17(11)12/h5-6,11,15H,3-4,7-8H2,1-2H3. The summed E-state index contributed by atoms with van der Waals surface area (Å²) in [4.78, 5) is 4.95. The van der Waals surface area contributed by atoms with Crippen LogP contribution in [0.1, 0.15) is 5.56 Å². The molecule has 3 rings (SSSR count). The quantitative estimate of drug-likeness (QED) is 0.790. The number of nitrogens with one attached hydrogen (secondary N) is 1. The van der Waals surface area contributed by atoms with Crippen LogP contribution in [0.15, 0.2) is 16.6 Å². The van der Waals surface area contributed by atoms with Gasteiger partial charge in [0.1, 0.15) is 0 Å². The summed E-state index contributed by atoms with van der Waals surface area (Å²) < 4.78 is 1.18. The molecular weight excluding hydrogens is 278 g/mol. The maximum absolute atomic E-state index is 3.62. The molecule has 0 spiro atoms. The molecule has 1 N–H and O–H groups in total. The zero-order valence-corrected chi connectivity index (χ0v) is 11.9. The minimum absolute atomic E-state index is 0.606. The fraction of sp³-hybridized carbons (Fsp3) is 0.538. The highest BCUT2D eigenvalue weighted by Gasteiger charge is 2.31. The van der Waals surface area contributed by atoms with Crippen LogP contribution >= 0.6 is 15.9 Å². The lowest BCUT2D eigenvalue weighted by Crippen LogP contribution is -2.58. The summed E-state index contributed by atoms with van der Waals surface area (Å²) in [6.07, 6.45) is 0. The van der Waals surface area contributed by atoms with Gasteiger partial charge in [-0.1, -0.05) is 15.9 Å². The summed E-state index contributed by atoms with van der Waals surface area (Å²) in [7, 11) is 2.20. The van der Waals surface area contributed by atoms with Gasteiger partial charge in [-0.2, -0.15) is 0 Å². The van der Waals surface area contributed by atoms with Gasteiger partial charge in [0.25, 0.3) is 0 Å². The highest BCUT2D eigenvalue weighted by Crippen LogP contribution is 2.39. The van der Waals surface area contributed by atoms with E-state index in [1.165, 1.54) is 21.4 Å². The van der Waals surface area contributed by atoms with E-state index >= 15 is 0 Å². The van der Waals surface area contributed by atoms with Crippen LogP contribution in [0.2, 0.25) is 0 Å². The van der Waals surface area contributed by atoms with E-state index in [1.807, 2.05) is 0 Å². The van der Waals surface area contributed by atoms with Crippen molar-refractivity contribution in [2.75, 3.05) is 43.0 Å². The second-order valence-corrected chi connectivity index (χ2v) is 5.94. The van der Waals surface area contributed by atoms with E-state index in [0.717, 1.165) is 26.2 Å². The lowest BCUT2D eigenvalue weighted by atomic mass is 10.0. The smallest absolute Gasteiger partial charge is 0.0632 e. The summed E-state index contributed by atoms with van der Waals surface area (Å²) >= 11 is 3.62. The minimum Gasteiger partial charge on any atom is -0.371 e. The van der Waals surface area contributed by atoms with Gasteiger partial charge in [-0.25, -0.2) is 0 Å². The highest BCUT2D eigenvalue weighted by molar-refractivity contribution is 9.10. The van der Waals surface area contributed by atoms with Crippen LogP contribution in [-0.2, 0) is 0 Å². The highest BCUT2D eigenvalue weighted by atomic mass is 79.9. The molecule has 1 unspecified atom stereocenters. The number of hydrogen-bond donors (Lipinski definition) is 1. The molecule has 2 aliphatic heterocycles. The number of piperazine rings is 1. The van der Waals surface area contributed by atoms with Crippen LogP contribution in [0.5, 0.6) is 0 Å². The number of nitrogens with zero attached hydrogens (tertiary/aromatic N) is 2. The Morgan fingerprint density at radius 3 is 3.06 bits per heavy atom. The number of anilines is 2. The molecular formula is C13H18BrN3. The molecule has 3 nitrogen and oxygen atoms in total. The van der Waals surface area contributed by atoms with E-state index in [4.69, 9.17) is 0 Å². The minimum atomic E-state index is 0.606. The maximum Gasteiger partial charge on any atom is 0.0632 e. The molecule has 2 aliphatic rings. The van der Waals surface area contributed by atoms with Crippen molar-refractivity contribution in [3.63, 3.8) is 0 Å². The predicted octanol–water partition coefficient (Wildman–Crippen LogP) is 1.99. The zero-order valence-electron chi connectivity index (χ0n) is 10.3. The fourth-order valence-corrected chi connectivity index (χ4v) is 3.64. The average molecular weight is 296 g/mol. The van der Waals surface area contributed by atoms with Gasteiger partial charge in [0.2, 0.25) is 0 Å². The number of hydrogen-bond acceptors (Lipinski definition) is 3. The number of likely N-dealkylation sites (N-methyl/N-ethyl adjacent to an activating group) is 1. The van der Waals surface area contributed by atoms with Crippen LogP contribution in [0.4, 0.5) is 11.4 Å². The number of benzene rings is 1. The third-order valence-electron chi connectivity index (χ3n) is 3.77. The maximum atomic E-state index is 3.62. The molecule has 0 amide bonds. The van der Waals surface area contributed by atoms with Crippen molar-refractivity contribution in [1.29, 1.82) is 0 Å². The summed E-state index contributed by atoms with van der Waals surface area (Å²) in [5.41, 5.74) is 4.14. The molecule has 0 aliphatic carbocycles. The third kappa shape index (κ3) is 1.83. The summed E-state index contributed by atoms with van der Waals surface area (Å²) in [6.45, 7) is 6.60. The first-order chi connectivity index (χ1) is 8.16. The van der Waals surface area contributed by atoms with E-state index in [0.29, 0.717) is 6.04 Å². The van der Waals surface area contributed by atoms with E-state index in [9.17, 15) is 0 Å². The van der Waals surface area contributed by atoms with E-state index < -0.39 is 0 Å². The van der Waals surface area contributed by atoms with Crippen molar-refractivity contribution in [1.82, 2.24) is 5.32 Å². The summed E-state index contributed by atoms with van der Waals surface area (Å²) in [5.74, 6) is 0. The van der Waals surface area contributed by atoms with Crippen molar-refractivity contribution >= 4 is 27.3 Å². The molecule has 92 valence electrons.